The molecule has 0 saturated carbocycles. The molecule has 0 unspecified atom stereocenters. The van der Waals surface area contributed by atoms with Crippen LogP contribution in [0.4, 0.5) is 0 Å². The van der Waals surface area contributed by atoms with Crippen molar-refractivity contribution in [3.63, 3.8) is 0 Å². The van der Waals surface area contributed by atoms with Gasteiger partial charge in [-0.2, -0.15) is 4.31 Å². The van der Waals surface area contributed by atoms with Crippen LogP contribution in [0, 0.1) is 0 Å². The average molecular weight is 326 g/mol. The van der Waals surface area contributed by atoms with Crippen LogP contribution >= 0.6 is 0 Å². The van der Waals surface area contributed by atoms with Crippen molar-refractivity contribution in [2.45, 2.75) is 37.5 Å². The zero-order valence-corrected chi connectivity index (χ0v) is 13.6. The van der Waals surface area contributed by atoms with Gasteiger partial charge in [0, 0.05) is 19.5 Å². The summed E-state index contributed by atoms with van der Waals surface area (Å²) in [5, 5.41) is 0. The summed E-state index contributed by atoms with van der Waals surface area (Å²) >= 11 is 0. The van der Waals surface area contributed by atoms with Crippen molar-refractivity contribution in [1.29, 1.82) is 0 Å². The lowest BCUT2D eigenvalue weighted by atomic mass is 10.1. The van der Waals surface area contributed by atoms with Gasteiger partial charge in [0.25, 0.3) is 0 Å². The van der Waals surface area contributed by atoms with E-state index in [4.69, 9.17) is 4.84 Å². The quantitative estimate of drug-likeness (QED) is 0.770. The third kappa shape index (κ3) is 4.28. The van der Waals surface area contributed by atoms with E-state index in [1.807, 2.05) is 0 Å². The molecule has 7 heteroatoms. The Morgan fingerprint density at radius 1 is 1.23 bits per heavy atom. The summed E-state index contributed by atoms with van der Waals surface area (Å²) in [6.07, 6.45) is 2.69. The smallest absolute Gasteiger partial charge is 0.243 e. The zero-order valence-electron chi connectivity index (χ0n) is 12.7. The molecule has 1 aliphatic rings. The number of hydrogen-bond acceptors (Lipinski definition) is 4. The Morgan fingerprint density at radius 2 is 1.86 bits per heavy atom. The van der Waals surface area contributed by atoms with E-state index in [1.165, 1.54) is 4.31 Å². The minimum atomic E-state index is -3.36. The lowest BCUT2D eigenvalue weighted by molar-refractivity contribution is -0.133. The summed E-state index contributed by atoms with van der Waals surface area (Å²) in [7, 11) is -3.36. The fraction of sp³-hybridized carbons (Fsp3) is 0.533. The second-order valence-electron chi connectivity index (χ2n) is 5.21. The summed E-state index contributed by atoms with van der Waals surface area (Å²) in [4.78, 5) is 16.6. The topological polar surface area (TPSA) is 75.7 Å². The maximum atomic E-state index is 12.4. The Morgan fingerprint density at radius 3 is 2.45 bits per heavy atom. The summed E-state index contributed by atoms with van der Waals surface area (Å²) in [6, 6.07) is 6.75. The molecule has 0 aliphatic carbocycles. The van der Waals surface area contributed by atoms with Crippen LogP contribution in [0.2, 0.25) is 0 Å². The van der Waals surface area contributed by atoms with Gasteiger partial charge in [0.05, 0.1) is 11.5 Å². The lowest BCUT2D eigenvalue weighted by Crippen LogP contribution is -2.27. The summed E-state index contributed by atoms with van der Waals surface area (Å²) in [6.45, 7) is 3.41. The van der Waals surface area contributed by atoms with Gasteiger partial charge in [-0.25, -0.2) is 13.9 Å². The number of benzene rings is 1. The summed E-state index contributed by atoms with van der Waals surface area (Å²) in [5.74, 6) is -0.185. The standard InChI is InChI=1S/C15H22N2O4S/c1-2-21-16-15(18)10-7-13-5-8-14(9-6-13)22(19,20)17-11-3-4-12-17/h5-6,8-9H,2-4,7,10-12H2,1H3,(H,16,18). The van der Waals surface area contributed by atoms with Crippen LogP contribution in [-0.2, 0) is 26.1 Å². The third-order valence-corrected chi connectivity index (χ3v) is 5.51. The van der Waals surface area contributed by atoms with E-state index >= 15 is 0 Å². The van der Waals surface area contributed by atoms with Crippen molar-refractivity contribution in [3.8, 4) is 0 Å². The Labute approximate surface area is 131 Å². The number of carbonyl (C=O) groups is 1. The molecule has 1 amide bonds. The maximum Gasteiger partial charge on any atom is 0.243 e. The molecule has 6 nitrogen and oxygen atoms in total. The second-order valence-corrected chi connectivity index (χ2v) is 7.15. The molecule has 1 heterocycles. The van der Waals surface area contributed by atoms with Gasteiger partial charge >= 0.3 is 0 Å². The Balaban J connectivity index is 1.94. The maximum absolute atomic E-state index is 12.4. The van der Waals surface area contributed by atoms with Crippen molar-refractivity contribution in [3.05, 3.63) is 29.8 Å². The molecule has 1 aromatic rings. The molecule has 122 valence electrons. The zero-order chi connectivity index (χ0) is 16.0. The van der Waals surface area contributed by atoms with Crippen molar-refractivity contribution in [2.75, 3.05) is 19.7 Å². The first-order valence-electron chi connectivity index (χ1n) is 7.53. The van der Waals surface area contributed by atoms with E-state index in [2.05, 4.69) is 5.48 Å². The van der Waals surface area contributed by atoms with Gasteiger partial charge in [-0.15, -0.1) is 0 Å². The number of hydrogen-bond donors (Lipinski definition) is 1. The highest BCUT2D eigenvalue weighted by atomic mass is 32.2. The Kier molecular flexibility index (Phi) is 5.93. The fourth-order valence-electron chi connectivity index (χ4n) is 2.37. The Bertz CT molecular complexity index is 592. The molecule has 0 radical (unpaired) electrons. The van der Waals surface area contributed by atoms with Gasteiger partial charge < -0.3 is 0 Å². The first-order valence-corrected chi connectivity index (χ1v) is 8.98. The van der Waals surface area contributed by atoms with Crippen molar-refractivity contribution in [2.24, 2.45) is 0 Å². The molecular formula is C15H22N2O4S. The highest BCUT2D eigenvalue weighted by Gasteiger charge is 2.26. The predicted molar refractivity (Wildman–Crippen MR) is 82.5 cm³/mol. The van der Waals surface area contributed by atoms with Gasteiger partial charge in [-0.05, 0) is 43.9 Å². The number of carbonyl (C=O) groups excluding carboxylic acids is 1. The highest BCUT2D eigenvalue weighted by molar-refractivity contribution is 7.89. The number of amides is 1. The molecule has 0 bridgehead atoms. The molecular weight excluding hydrogens is 304 g/mol. The highest BCUT2D eigenvalue weighted by Crippen LogP contribution is 2.21. The van der Waals surface area contributed by atoms with Crippen molar-refractivity contribution < 1.29 is 18.0 Å². The summed E-state index contributed by atoms with van der Waals surface area (Å²) in [5.41, 5.74) is 3.26. The molecule has 1 N–H and O–H groups in total. The lowest BCUT2D eigenvalue weighted by Gasteiger charge is -2.15. The van der Waals surface area contributed by atoms with E-state index in [0.717, 1.165) is 18.4 Å². The SMILES string of the molecule is CCONC(=O)CCc1ccc(S(=O)(=O)N2CCCC2)cc1. The van der Waals surface area contributed by atoms with E-state index in [-0.39, 0.29) is 5.91 Å². The number of nitrogens with one attached hydrogen (secondary N) is 1. The fourth-order valence-corrected chi connectivity index (χ4v) is 3.88. The van der Waals surface area contributed by atoms with Crippen LogP contribution in [0.1, 0.15) is 31.7 Å². The van der Waals surface area contributed by atoms with Gasteiger partial charge in [-0.1, -0.05) is 12.1 Å². The van der Waals surface area contributed by atoms with Crippen LogP contribution in [-0.4, -0.2) is 38.3 Å². The third-order valence-electron chi connectivity index (χ3n) is 3.60. The molecule has 0 atom stereocenters. The number of sulfonamides is 1. The normalized spacial score (nSPS) is 15.9. The van der Waals surface area contributed by atoms with E-state index in [9.17, 15) is 13.2 Å². The van der Waals surface area contributed by atoms with Gasteiger partial charge in [-0.3, -0.25) is 9.63 Å². The van der Waals surface area contributed by atoms with Gasteiger partial charge in [0.2, 0.25) is 15.9 Å². The Hall–Kier alpha value is -1.44. The van der Waals surface area contributed by atoms with Gasteiger partial charge in [0.1, 0.15) is 0 Å². The number of rotatable bonds is 7. The monoisotopic (exact) mass is 326 g/mol. The van der Waals surface area contributed by atoms with Crippen molar-refractivity contribution >= 4 is 15.9 Å². The van der Waals surface area contributed by atoms with Crippen LogP contribution in [0.5, 0.6) is 0 Å². The van der Waals surface area contributed by atoms with Crippen molar-refractivity contribution in [1.82, 2.24) is 9.79 Å². The molecule has 22 heavy (non-hydrogen) atoms. The first kappa shape index (κ1) is 16.9. The number of hydroxylamine groups is 1. The first-order chi connectivity index (χ1) is 10.5. The predicted octanol–water partition coefficient (Wildman–Crippen LogP) is 1.47. The van der Waals surface area contributed by atoms with E-state index in [1.54, 1.807) is 31.2 Å². The van der Waals surface area contributed by atoms with E-state index in [0.29, 0.717) is 37.4 Å². The molecule has 0 spiro atoms. The molecule has 1 fully saturated rings. The summed E-state index contributed by atoms with van der Waals surface area (Å²) < 4.78 is 26.3. The molecule has 1 saturated heterocycles. The molecule has 0 aromatic heterocycles. The number of aryl methyl sites for hydroxylation is 1. The number of nitrogens with zero attached hydrogens (tertiary/aromatic N) is 1. The van der Waals surface area contributed by atoms with Gasteiger partial charge in [0.15, 0.2) is 0 Å². The van der Waals surface area contributed by atoms with Crippen LogP contribution in [0.15, 0.2) is 29.2 Å². The average Bonchev–Trinajstić information content (AvgIpc) is 3.06. The molecule has 1 aliphatic heterocycles. The second kappa shape index (κ2) is 7.71. The van der Waals surface area contributed by atoms with Crippen LogP contribution in [0.3, 0.4) is 0 Å². The minimum Gasteiger partial charge on any atom is -0.274 e. The molecule has 1 aromatic carbocycles. The van der Waals surface area contributed by atoms with Crippen LogP contribution < -0.4 is 5.48 Å². The minimum absolute atomic E-state index is 0.185. The van der Waals surface area contributed by atoms with E-state index < -0.39 is 10.0 Å². The largest absolute Gasteiger partial charge is 0.274 e. The molecule has 2 rings (SSSR count). The van der Waals surface area contributed by atoms with Crippen LogP contribution in [0.25, 0.3) is 0 Å².